The maximum absolute atomic E-state index is 12.3. The minimum absolute atomic E-state index is 0. The van der Waals surface area contributed by atoms with Crippen molar-refractivity contribution in [1.82, 2.24) is 25.4 Å². The summed E-state index contributed by atoms with van der Waals surface area (Å²) in [6.07, 6.45) is 2.85. The van der Waals surface area contributed by atoms with Gasteiger partial charge in [-0.3, -0.25) is 9.79 Å². The van der Waals surface area contributed by atoms with Crippen LogP contribution >= 0.6 is 24.0 Å². The summed E-state index contributed by atoms with van der Waals surface area (Å²) in [6.45, 7) is 4.25. The smallest absolute Gasteiger partial charge is 0.265 e. The van der Waals surface area contributed by atoms with Crippen molar-refractivity contribution in [2.24, 2.45) is 4.99 Å². The van der Waals surface area contributed by atoms with E-state index in [0.717, 1.165) is 54.9 Å². The monoisotopic (exact) mass is 525 g/mol. The summed E-state index contributed by atoms with van der Waals surface area (Å²) in [5.41, 5.74) is 0.836. The average Bonchev–Trinajstić information content (AvgIpc) is 3.12. The van der Waals surface area contributed by atoms with Crippen molar-refractivity contribution >= 4 is 41.5 Å². The van der Waals surface area contributed by atoms with Crippen molar-refractivity contribution in [3.63, 3.8) is 0 Å². The number of carbonyl (C=O) groups is 1. The number of hydrogen-bond acceptors (Lipinski definition) is 5. The van der Waals surface area contributed by atoms with E-state index in [1.807, 2.05) is 35.9 Å². The van der Waals surface area contributed by atoms with E-state index in [0.29, 0.717) is 13.1 Å². The Bertz CT molecular complexity index is 914. The number of rotatable bonds is 5. The fourth-order valence-corrected chi connectivity index (χ4v) is 3.81. The van der Waals surface area contributed by atoms with Crippen LogP contribution in [0.5, 0.6) is 5.75 Å². The summed E-state index contributed by atoms with van der Waals surface area (Å²) in [7, 11) is 1.76. The first-order valence-electron chi connectivity index (χ1n) is 10.1. The first kappa shape index (κ1) is 22.3. The maximum Gasteiger partial charge on any atom is 0.265 e. The molecule has 30 heavy (non-hydrogen) atoms. The highest BCUT2D eigenvalue weighted by Crippen LogP contribution is 2.31. The number of benzene rings is 1. The van der Waals surface area contributed by atoms with Crippen molar-refractivity contribution in [2.75, 3.05) is 31.6 Å². The Morgan fingerprint density at radius 3 is 3.03 bits per heavy atom. The Hall–Kier alpha value is -2.37. The molecule has 0 saturated heterocycles. The Balaban J connectivity index is 0.00000256. The molecule has 0 bridgehead atoms. The third-order valence-electron chi connectivity index (χ3n) is 5.17. The van der Waals surface area contributed by atoms with Gasteiger partial charge in [-0.1, -0.05) is 12.1 Å². The molecule has 1 atom stereocenters. The van der Waals surface area contributed by atoms with Gasteiger partial charge in [0, 0.05) is 26.7 Å². The summed E-state index contributed by atoms with van der Waals surface area (Å²) in [5, 5.41) is 11.2. The standard InChI is InChI=1S/C20H27N7O2.HI/c1-14-23-19-15(7-5-12-27(19)25-14)24-20(21-2)22-10-6-11-26-16-8-3-4-9-17(16)29-13-18(26)28;/h3-4,8-9,15H,5-7,10-13H2,1-2H3,(H2,21,22,24);1H. The van der Waals surface area contributed by atoms with E-state index in [2.05, 4.69) is 25.7 Å². The SMILES string of the molecule is CN=C(NCCCN1C(=O)COc2ccccc21)NC1CCCn2nc(C)nc21.I. The second kappa shape index (κ2) is 10.1. The van der Waals surface area contributed by atoms with Gasteiger partial charge in [-0.25, -0.2) is 9.67 Å². The molecule has 2 aromatic rings. The molecule has 4 rings (SSSR count). The first-order valence-corrected chi connectivity index (χ1v) is 10.1. The van der Waals surface area contributed by atoms with Gasteiger partial charge in [-0.15, -0.1) is 24.0 Å². The molecule has 0 aliphatic carbocycles. The van der Waals surface area contributed by atoms with Crippen LogP contribution in [0.2, 0.25) is 0 Å². The highest BCUT2D eigenvalue weighted by atomic mass is 127. The van der Waals surface area contributed by atoms with Crippen LogP contribution in [0.1, 0.15) is 37.0 Å². The summed E-state index contributed by atoms with van der Waals surface area (Å²) in [5.74, 6) is 3.24. The zero-order valence-corrected chi connectivity index (χ0v) is 19.6. The number of carbonyl (C=O) groups excluding carboxylic acids is 1. The molecular formula is C20H28IN7O2. The molecule has 0 fully saturated rings. The maximum atomic E-state index is 12.3. The lowest BCUT2D eigenvalue weighted by Crippen LogP contribution is -2.43. The highest BCUT2D eigenvalue weighted by molar-refractivity contribution is 14.0. The quantitative estimate of drug-likeness (QED) is 0.269. The molecule has 0 spiro atoms. The lowest BCUT2D eigenvalue weighted by atomic mass is 10.1. The molecule has 1 unspecified atom stereocenters. The summed E-state index contributed by atoms with van der Waals surface area (Å²) in [6, 6.07) is 7.74. The number of nitrogens with zero attached hydrogens (tertiary/aromatic N) is 5. The molecule has 162 valence electrons. The molecule has 2 N–H and O–H groups in total. The van der Waals surface area contributed by atoms with E-state index in [1.54, 1.807) is 11.9 Å². The molecule has 1 amide bonds. The van der Waals surface area contributed by atoms with E-state index in [-0.39, 0.29) is 42.5 Å². The summed E-state index contributed by atoms with van der Waals surface area (Å²) >= 11 is 0. The number of anilines is 1. The van der Waals surface area contributed by atoms with Crippen LogP contribution in [0, 0.1) is 6.92 Å². The fourth-order valence-electron chi connectivity index (χ4n) is 3.81. The number of hydrogen-bond donors (Lipinski definition) is 2. The Morgan fingerprint density at radius 1 is 1.37 bits per heavy atom. The number of guanidine groups is 1. The van der Waals surface area contributed by atoms with Crippen LogP contribution in [0.3, 0.4) is 0 Å². The predicted octanol–water partition coefficient (Wildman–Crippen LogP) is 2.02. The first-order chi connectivity index (χ1) is 14.2. The number of halogens is 1. The number of nitrogens with one attached hydrogen (secondary N) is 2. The van der Waals surface area contributed by atoms with Crippen LogP contribution in [-0.4, -0.2) is 53.4 Å². The van der Waals surface area contributed by atoms with Crippen molar-refractivity contribution in [1.29, 1.82) is 0 Å². The number of amides is 1. The summed E-state index contributed by atoms with van der Waals surface area (Å²) in [4.78, 5) is 22.9. The molecule has 1 aromatic heterocycles. The number of ether oxygens (including phenoxy) is 1. The van der Waals surface area contributed by atoms with Crippen LogP contribution < -0.4 is 20.3 Å². The number of aliphatic imine (C=N–C) groups is 1. The average molecular weight is 525 g/mol. The van der Waals surface area contributed by atoms with E-state index in [1.165, 1.54) is 0 Å². The molecule has 2 aliphatic rings. The van der Waals surface area contributed by atoms with Gasteiger partial charge in [0.25, 0.3) is 5.91 Å². The predicted molar refractivity (Wildman–Crippen MR) is 126 cm³/mol. The van der Waals surface area contributed by atoms with Gasteiger partial charge >= 0.3 is 0 Å². The lowest BCUT2D eigenvalue weighted by Gasteiger charge is -2.29. The second-order valence-electron chi connectivity index (χ2n) is 7.23. The number of aromatic nitrogens is 3. The van der Waals surface area contributed by atoms with Crippen molar-refractivity contribution < 1.29 is 9.53 Å². The van der Waals surface area contributed by atoms with Crippen LogP contribution in [0.15, 0.2) is 29.3 Å². The van der Waals surface area contributed by atoms with Crippen LogP contribution in [0.4, 0.5) is 5.69 Å². The molecule has 10 heteroatoms. The van der Waals surface area contributed by atoms with E-state index < -0.39 is 0 Å². The highest BCUT2D eigenvalue weighted by Gasteiger charge is 2.25. The zero-order valence-electron chi connectivity index (χ0n) is 17.3. The lowest BCUT2D eigenvalue weighted by molar-refractivity contribution is -0.121. The van der Waals surface area contributed by atoms with Gasteiger partial charge in [0.15, 0.2) is 12.6 Å². The van der Waals surface area contributed by atoms with Crippen molar-refractivity contribution in [3.05, 3.63) is 35.9 Å². The van der Waals surface area contributed by atoms with Gasteiger partial charge in [-0.05, 0) is 38.3 Å². The van der Waals surface area contributed by atoms with Crippen LogP contribution in [0.25, 0.3) is 0 Å². The van der Waals surface area contributed by atoms with E-state index in [4.69, 9.17) is 4.74 Å². The molecule has 0 saturated carbocycles. The Morgan fingerprint density at radius 2 is 2.20 bits per heavy atom. The topological polar surface area (TPSA) is 96.7 Å². The largest absolute Gasteiger partial charge is 0.482 e. The number of fused-ring (bicyclic) bond motifs is 2. The molecule has 3 heterocycles. The number of aryl methyl sites for hydroxylation is 2. The molecular weight excluding hydrogens is 497 g/mol. The Kier molecular flexibility index (Phi) is 7.51. The summed E-state index contributed by atoms with van der Waals surface area (Å²) < 4.78 is 7.47. The molecule has 1 aromatic carbocycles. The Labute approximate surface area is 193 Å². The molecule has 9 nitrogen and oxygen atoms in total. The number of para-hydroxylation sites is 2. The van der Waals surface area contributed by atoms with Crippen molar-refractivity contribution in [3.8, 4) is 5.75 Å². The van der Waals surface area contributed by atoms with Gasteiger partial charge in [0.1, 0.15) is 17.4 Å². The van der Waals surface area contributed by atoms with E-state index >= 15 is 0 Å². The minimum Gasteiger partial charge on any atom is -0.482 e. The third kappa shape index (κ3) is 4.85. The molecule has 0 radical (unpaired) electrons. The van der Waals surface area contributed by atoms with Gasteiger partial charge in [0.05, 0.1) is 11.7 Å². The normalized spacial score (nSPS) is 18.1. The second-order valence-corrected chi connectivity index (χ2v) is 7.23. The zero-order chi connectivity index (χ0) is 20.2. The van der Waals surface area contributed by atoms with Crippen LogP contribution in [-0.2, 0) is 11.3 Å². The van der Waals surface area contributed by atoms with Gasteiger partial charge in [-0.2, -0.15) is 5.10 Å². The van der Waals surface area contributed by atoms with Gasteiger partial charge in [0.2, 0.25) is 0 Å². The minimum atomic E-state index is -0.0110. The molecule has 2 aliphatic heterocycles. The van der Waals surface area contributed by atoms with Crippen molar-refractivity contribution in [2.45, 2.75) is 38.8 Å². The van der Waals surface area contributed by atoms with E-state index in [9.17, 15) is 4.79 Å². The fraction of sp³-hybridized carbons (Fsp3) is 0.500. The van der Waals surface area contributed by atoms with Gasteiger partial charge < -0.3 is 20.3 Å². The third-order valence-corrected chi connectivity index (χ3v) is 5.17.